The number of allylic oxidation sites excluding steroid dienone is 3. The van der Waals surface area contributed by atoms with Crippen molar-refractivity contribution in [2.24, 2.45) is 10.7 Å². The van der Waals surface area contributed by atoms with Crippen LogP contribution in [0.2, 0.25) is 0 Å². The second-order valence-electron chi connectivity index (χ2n) is 3.90. The van der Waals surface area contributed by atoms with Crippen LogP contribution >= 0.6 is 27.7 Å². The minimum absolute atomic E-state index is 0.136. The van der Waals surface area contributed by atoms with Crippen molar-refractivity contribution in [2.75, 3.05) is 0 Å². The van der Waals surface area contributed by atoms with E-state index in [2.05, 4.69) is 27.6 Å². The highest BCUT2D eigenvalue weighted by atomic mass is 79.9. The zero-order valence-corrected chi connectivity index (χ0v) is 13.4. The molecule has 0 aliphatic carbocycles. The molecule has 0 fully saturated rings. The van der Waals surface area contributed by atoms with Crippen molar-refractivity contribution in [3.8, 4) is 0 Å². The summed E-state index contributed by atoms with van der Waals surface area (Å²) in [4.78, 5) is 16.2. The summed E-state index contributed by atoms with van der Waals surface area (Å²) in [6.07, 6.45) is 4.69. The molecule has 2 N–H and O–H groups in total. The van der Waals surface area contributed by atoms with Gasteiger partial charge in [-0.2, -0.15) is 0 Å². The number of halogens is 1. The largest absolute Gasteiger partial charge is 0.402 e. The molecule has 3 nitrogen and oxygen atoms in total. The van der Waals surface area contributed by atoms with E-state index in [0.717, 1.165) is 10.0 Å². The molecule has 0 saturated carbocycles. The molecule has 20 heavy (non-hydrogen) atoms. The number of hydrogen-bond donors (Lipinski definition) is 1. The number of nitrogens with two attached hydrogens (primary N) is 1. The van der Waals surface area contributed by atoms with E-state index in [0.29, 0.717) is 10.6 Å². The van der Waals surface area contributed by atoms with Crippen LogP contribution in [0.4, 0.5) is 0 Å². The summed E-state index contributed by atoms with van der Waals surface area (Å²) in [6, 6.07) is 7.67. The monoisotopic (exact) mass is 350 g/mol. The molecule has 5 heteroatoms. The van der Waals surface area contributed by atoms with Gasteiger partial charge in [0.2, 0.25) is 0 Å². The first-order valence-corrected chi connectivity index (χ1v) is 7.43. The number of thioether (sulfide) groups is 1. The molecule has 1 rings (SSSR count). The Bertz CT molecular complexity index is 570. The molecule has 0 aromatic heterocycles. The van der Waals surface area contributed by atoms with Crippen LogP contribution in [0.15, 0.2) is 62.0 Å². The van der Waals surface area contributed by atoms with E-state index in [1.165, 1.54) is 24.0 Å². The predicted molar refractivity (Wildman–Crippen MR) is 91.4 cm³/mol. The Morgan fingerprint density at radius 1 is 1.40 bits per heavy atom. The fourth-order valence-corrected chi connectivity index (χ4v) is 2.12. The number of aliphatic imine (C=N–C) groups is 1. The summed E-state index contributed by atoms with van der Waals surface area (Å²) in [5.74, 6) is -0.136. The fourth-order valence-electron chi connectivity index (χ4n) is 1.22. The molecule has 104 valence electrons. The average Bonchev–Trinajstić information content (AvgIpc) is 2.42. The van der Waals surface area contributed by atoms with Crippen LogP contribution in [-0.2, 0) is 4.79 Å². The summed E-state index contributed by atoms with van der Waals surface area (Å²) >= 11 is 4.59. The highest BCUT2D eigenvalue weighted by molar-refractivity contribution is 9.10. The Balaban J connectivity index is 2.80. The van der Waals surface area contributed by atoms with Gasteiger partial charge in [0, 0.05) is 16.4 Å². The van der Waals surface area contributed by atoms with Gasteiger partial charge in [0.1, 0.15) is 0 Å². The van der Waals surface area contributed by atoms with Crippen molar-refractivity contribution >= 4 is 46.3 Å². The van der Waals surface area contributed by atoms with E-state index in [4.69, 9.17) is 5.73 Å². The first-order chi connectivity index (χ1) is 9.52. The van der Waals surface area contributed by atoms with E-state index < -0.39 is 0 Å². The molecule has 0 amide bonds. The van der Waals surface area contributed by atoms with Gasteiger partial charge >= 0.3 is 0 Å². The van der Waals surface area contributed by atoms with Gasteiger partial charge in [0.15, 0.2) is 5.78 Å². The maximum Gasteiger partial charge on any atom is 0.194 e. The number of benzene rings is 1. The van der Waals surface area contributed by atoms with E-state index in [9.17, 15) is 4.79 Å². The van der Waals surface area contributed by atoms with Gasteiger partial charge in [-0.05, 0) is 42.8 Å². The van der Waals surface area contributed by atoms with Gasteiger partial charge in [-0.25, -0.2) is 0 Å². The zero-order valence-electron chi connectivity index (χ0n) is 11.0. The van der Waals surface area contributed by atoms with Crippen LogP contribution in [0.1, 0.15) is 12.5 Å². The van der Waals surface area contributed by atoms with E-state index >= 15 is 0 Å². The topological polar surface area (TPSA) is 55.4 Å². The van der Waals surface area contributed by atoms with Crippen molar-refractivity contribution in [3.05, 3.63) is 62.6 Å². The standard InChI is InChI=1S/C15H15BrN2OS/c1-11(17)10-20-15(9-18-2)14(19)8-5-12-3-6-13(16)7-4-12/h3-10H,2,17H2,1H3/b8-5+,11-10-,15-9-. The van der Waals surface area contributed by atoms with Crippen LogP contribution in [0.5, 0.6) is 0 Å². The molecule has 0 atom stereocenters. The molecule has 0 radical (unpaired) electrons. The summed E-state index contributed by atoms with van der Waals surface area (Å²) in [6.45, 7) is 5.12. The second kappa shape index (κ2) is 8.55. The maximum absolute atomic E-state index is 12.0. The van der Waals surface area contributed by atoms with Crippen molar-refractivity contribution < 1.29 is 4.79 Å². The quantitative estimate of drug-likeness (QED) is 0.619. The third-order valence-corrected chi connectivity index (χ3v) is 3.70. The zero-order chi connectivity index (χ0) is 15.0. The number of carbonyl (C=O) groups excluding carboxylic acids is 1. The molecule has 0 spiro atoms. The first kappa shape index (κ1) is 16.5. The van der Waals surface area contributed by atoms with Gasteiger partial charge in [-0.1, -0.05) is 45.9 Å². The Morgan fingerprint density at radius 2 is 2.05 bits per heavy atom. The lowest BCUT2D eigenvalue weighted by Crippen LogP contribution is -1.95. The van der Waals surface area contributed by atoms with E-state index in [1.54, 1.807) is 18.4 Å². The van der Waals surface area contributed by atoms with Crippen LogP contribution in [0.25, 0.3) is 6.08 Å². The normalized spacial score (nSPS) is 12.7. The smallest absolute Gasteiger partial charge is 0.194 e. The second-order valence-corrected chi connectivity index (χ2v) is 5.73. The van der Waals surface area contributed by atoms with Crippen LogP contribution in [-0.4, -0.2) is 12.5 Å². The Labute approximate surface area is 131 Å². The number of ketones is 1. The van der Waals surface area contributed by atoms with E-state index in [1.807, 2.05) is 24.3 Å². The molecule has 0 unspecified atom stereocenters. The number of carbonyl (C=O) groups is 1. The first-order valence-electron chi connectivity index (χ1n) is 5.76. The molecule has 1 aromatic carbocycles. The van der Waals surface area contributed by atoms with Crippen molar-refractivity contribution in [2.45, 2.75) is 6.92 Å². The lowest BCUT2D eigenvalue weighted by atomic mass is 10.2. The molecule has 0 saturated heterocycles. The molecular weight excluding hydrogens is 336 g/mol. The minimum Gasteiger partial charge on any atom is -0.402 e. The van der Waals surface area contributed by atoms with Gasteiger partial charge in [-0.15, -0.1) is 0 Å². The van der Waals surface area contributed by atoms with Gasteiger partial charge in [-0.3, -0.25) is 9.79 Å². The highest BCUT2D eigenvalue weighted by Crippen LogP contribution is 2.20. The lowest BCUT2D eigenvalue weighted by Gasteiger charge is -1.99. The molecule has 0 heterocycles. The fraction of sp³-hybridized carbons (Fsp3) is 0.0667. The van der Waals surface area contributed by atoms with Crippen molar-refractivity contribution in [1.82, 2.24) is 0 Å². The van der Waals surface area contributed by atoms with Crippen molar-refractivity contribution in [1.29, 1.82) is 0 Å². The van der Waals surface area contributed by atoms with E-state index in [-0.39, 0.29) is 5.78 Å². The molecule has 0 bridgehead atoms. The summed E-state index contributed by atoms with van der Waals surface area (Å²) in [5.41, 5.74) is 7.13. The highest BCUT2D eigenvalue weighted by Gasteiger charge is 2.05. The average molecular weight is 351 g/mol. The van der Waals surface area contributed by atoms with Crippen molar-refractivity contribution in [3.63, 3.8) is 0 Å². The van der Waals surface area contributed by atoms with Gasteiger partial charge in [0.05, 0.1) is 4.91 Å². The Kier molecular flexibility index (Phi) is 7.04. The number of nitrogens with zero attached hydrogens (tertiary/aromatic N) is 1. The lowest BCUT2D eigenvalue weighted by molar-refractivity contribution is -0.110. The number of rotatable bonds is 6. The summed E-state index contributed by atoms with van der Waals surface area (Å²) < 4.78 is 0.997. The summed E-state index contributed by atoms with van der Waals surface area (Å²) in [7, 11) is 0. The predicted octanol–water partition coefficient (Wildman–Crippen LogP) is 4.13. The Hall–Kier alpha value is -1.59. The van der Waals surface area contributed by atoms with Gasteiger partial charge in [0.25, 0.3) is 0 Å². The maximum atomic E-state index is 12.0. The molecule has 0 aliphatic heterocycles. The third-order valence-electron chi connectivity index (χ3n) is 2.12. The molecule has 1 aromatic rings. The molecule has 0 aliphatic rings. The Morgan fingerprint density at radius 3 is 2.60 bits per heavy atom. The number of hydrogen-bond acceptors (Lipinski definition) is 4. The summed E-state index contributed by atoms with van der Waals surface area (Å²) in [5, 5.41) is 1.70. The van der Waals surface area contributed by atoms with Crippen LogP contribution < -0.4 is 5.73 Å². The SMILES string of the molecule is C=N/C=C(\S/C=C(/C)N)C(=O)/C=C/c1ccc(Br)cc1. The van der Waals surface area contributed by atoms with Crippen LogP contribution in [0.3, 0.4) is 0 Å². The molecular formula is C15H15BrN2OS. The van der Waals surface area contributed by atoms with Gasteiger partial charge < -0.3 is 5.73 Å². The third kappa shape index (κ3) is 6.04. The van der Waals surface area contributed by atoms with Crippen LogP contribution in [0, 0.1) is 0 Å². The minimum atomic E-state index is -0.136.